The predicted molar refractivity (Wildman–Crippen MR) is 133 cm³/mol. The van der Waals surface area contributed by atoms with Gasteiger partial charge in [0, 0.05) is 23.7 Å². The van der Waals surface area contributed by atoms with Crippen molar-refractivity contribution in [1.82, 2.24) is 9.88 Å². The number of aromatic nitrogens is 1. The Morgan fingerprint density at radius 1 is 1.16 bits per heavy atom. The lowest BCUT2D eigenvalue weighted by Crippen LogP contribution is -2.10. The van der Waals surface area contributed by atoms with Gasteiger partial charge in [0.15, 0.2) is 0 Å². The van der Waals surface area contributed by atoms with Gasteiger partial charge in [-0.05, 0) is 43.4 Å². The van der Waals surface area contributed by atoms with Crippen LogP contribution in [-0.4, -0.2) is 31.1 Å². The molecule has 0 atom stereocenters. The molecule has 4 aromatic rings. The summed E-state index contributed by atoms with van der Waals surface area (Å²) < 4.78 is 6.19. The lowest BCUT2D eigenvalue weighted by Gasteiger charge is -2.13. The summed E-state index contributed by atoms with van der Waals surface area (Å²) in [5.41, 5.74) is 4.83. The lowest BCUT2D eigenvalue weighted by atomic mass is 10.1. The number of anilines is 2. The van der Waals surface area contributed by atoms with E-state index < -0.39 is 0 Å². The second-order valence-electron chi connectivity index (χ2n) is 7.51. The first-order valence-corrected chi connectivity index (χ1v) is 11.3. The molecule has 0 unspecified atom stereocenters. The highest BCUT2D eigenvalue weighted by Crippen LogP contribution is 2.41. The fraction of sp³-hybridized carbons (Fsp3) is 0.167. The van der Waals surface area contributed by atoms with Gasteiger partial charge < -0.3 is 15.0 Å². The Kier molecular flexibility index (Phi) is 6.54. The van der Waals surface area contributed by atoms with Crippen LogP contribution in [0, 0.1) is 11.3 Å². The van der Waals surface area contributed by atoms with E-state index in [0.29, 0.717) is 32.7 Å². The number of hydrogen-bond acceptors (Lipinski definition) is 6. The molecule has 0 saturated carbocycles. The zero-order valence-corrected chi connectivity index (χ0v) is 20.1. The fourth-order valence-electron chi connectivity index (χ4n) is 3.43. The second kappa shape index (κ2) is 9.35. The van der Waals surface area contributed by atoms with Crippen LogP contribution in [0.5, 0.6) is 5.75 Å². The average molecular weight is 483 g/mol. The molecule has 4 rings (SSSR count). The number of nitrogens with one attached hydrogen (secondary N) is 1. The Morgan fingerprint density at radius 3 is 2.69 bits per heavy atom. The predicted octanol–water partition coefficient (Wildman–Crippen LogP) is 6.96. The van der Waals surface area contributed by atoms with Gasteiger partial charge in [-0.15, -0.1) is 11.3 Å². The summed E-state index contributed by atoms with van der Waals surface area (Å²) in [4.78, 5) is 7.71. The number of halogens is 2. The number of hydrogen-bond donors (Lipinski definition) is 1. The van der Waals surface area contributed by atoms with Gasteiger partial charge in [-0.25, -0.2) is 0 Å². The minimum Gasteiger partial charge on any atom is -0.495 e. The zero-order chi connectivity index (χ0) is 22.8. The molecule has 0 fully saturated rings. The molecule has 0 aliphatic rings. The molecule has 0 aliphatic heterocycles. The monoisotopic (exact) mass is 482 g/mol. The van der Waals surface area contributed by atoms with Crippen LogP contribution in [0.25, 0.3) is 20.7 Å². The van der Waals surface area contributed by atoms with E-state index in [-0.39, 0.29) is 0 Å². The number of fused-ring (bicyclic) bond motifs is 1. The number of benzene rings is 2. The molecule has 0 saturated heterocycles. The van der Waals surface area contributed by atoms with Crippen LogP contribution in [-0.2, 0) is 6.54 Å². The van der Waals surface area contributed by atoms with Gasteiger partial charge in [0.05, 0.1) is 44.3 Å². The molecule has 5 nitrogen and oxygen atoms in total. The first-order chi connectivity index (χ1) is 15.4. The van der Waals surface area contributed by atoms with Crippen molar-refractivity contribution in [1.29, 1.82) is 5.26 Å². The Morgan fingerprint density at radius 2 is 1.97 bits per heavy atom. The summed E-state index contributed by atoms with van der Waals surface area (Å²) >= 11 is 14.2. The molecule has 0 radical (unpaired) electrons. The smallest absolute Gasteiger partial charge is 0.139 e. The maximum atomic E-state index is 9.71. The van der Waals surface area contributed by atoms with Gasteiger partial charge >= 0.3 is 0 Å². The molecule has 0 bridgehead atoms. The van der Waals surface area contributed by atoms with Gasteiger partial charge in [0.25, 0.3) is 0 Å². The third-order valence-corrected chi connectivity index (χ3v) is 6.67. The van der Waals surface area contributed by atoms with Crippen LogP contribution in [0.15, 0.2) is 48.7 Å². The molecule has 2 aromatic carbocycles. The molecule has 2 heterocycles. The highest BCUT2D eigenvalue weighted by atomic mass is 35.5. The SMILES string of the molecule is COc1cc(Nc2c(C#N)cnc3cc(-c4cccc(CN(C)C)c4)sc23)c(Cl)cc1Cl. The normalized spacial score (nSPS) is 11.0. The first-order valence-electron chi connectivity index (χ1n) is 9.76. The van der Waals surface area contributed by atoms with E-state index >= 15 is 0 Å². The highest BCUT2D eigenvalue weighted by Gasteiger charge is 2.16. The molecular weight excluding hydrogens is 463 g/mol. The molecule has 0 aliphatic carbocycles. The molecule has 2 aromatic heterocycles. The van der Waals surface area contributed by atoms with Crippen molar-refractivity contribution < 1.29 is 4.74 Å². The van der Waals surface area contributed by atoms with E-state index in [9.17, 15) is 5.26 Å². The van der Waals surface area contributed by atoms with E-state index in [1.807, 2.05) is 20.2 Å². The minimum atomic E-state index is 0.416. The summed E-state index contributed by atoms with van der Waals surface area (Å²) in [5.74, 6) is 0.493. The number of nitriles is 1. The maximum absolute atomic E-state index is 9.71. The summed E-state index contributed by atoms with van der Waals surface area (Å²) in [6.07, 6.45) is 1.57. The van der Waals surface area contributed by atoms with E-state index in [1.54, 1.807) is 36.8 Å². The van der Waals surface area contributed by atoms with Gasteiger partial charge in [0.1, 0.15) is 11.8 Å². The highest BCUT2D eigenvalue weighted by molar-refractivity contribution is 7.22. The standard InChI is InChI=1S/C24H20Cl2N4OS/c1-30(2)13-14-5-4-6-15(7-14)22-10-20-24(32-22)23(16(11-27)12-28-20)29-19-9-21(31-3)18(26)8-17(19)25/h4-10,12H,13H2,1-3H3,(H,28,29). The van der Waals surface area contributed by atoms with Crippen LogP contribution >= 0.6 is 34.5 Å². The second-order valence-corrected chi connectivity index (χ2v) is 9.38. The summed E-state index contributed by atoms with van der Waals surface area (Å²) in [6, 6.07) is 16.1. The van der Waals surface area contributed by atoms with Crippen molar-refractivity contribution in [3.63, 3.8) is 0 Å². The Balaban J connectivity index is 1.81. The van der Waals surface area contributed by atoms with Gasteiger partial charge in [0.2, 0.25) is 0 Å². The van der Waals surface area contributed by atoms with E-state index in [1.165, 1.54) is 5.56 Å². The number of pyridine rings is 1. The summed E-state index contributed by atoms with van der Waals surface area (Å²) in [5, 5.41) is 13.9. The first kappa shape index (κ1) is 22.4. The molecule has 0 spiro atoms. The van der Waals surface area contributed by atoms with Crippen molar-refractivity contribution in [2.45, 2.75) is 6.54 Å². The molecule has 32 heavy (non-hydrogen) atoms. The van der Waals surface area contributed by atoms with Gasteiger partial charge in [-0.1, -0.05) is 41.4 Å². The van der Waals surface area contributed by atoms with Gasteiger partial charge in [-0.2, -0.15) is 5.26 Å². The van der Waals surface area contributed by atoms with Crippen molar-refractivity contribution in [2.75, 3.05) is 26.5 Å². The van der Waals surface area contributed by atoms with Crippen LogP contribution in [0.4, 0.5) is 11.4 Å². The summed E-state index contributed by atoms with van der Waals surface area (Å²) in [6.45, 7) is 0.860. The van der Waals surface area contributed by atoms with Crippen LogP contribution in [0.3, 0.4) is 0 Å². The van der Waals surface area contributed by atoms with E-state index in [4.69, 9.17) is 27.9 Å². The topological polar surface area (TPSA) is 61.2 Å². The zero-order valence-electron chi connectivity index (χ0n) is 17.7. The Bertz CT molecular complexity index is 1340. The quantitative estimate of drug-likeness (QED) is 0.321. The van der Waals surface area contributed by atoms with Gasteiger partial charge in [-0.3, -0.25) is 4.98 Å². The number of rotatable bonds is 6. The minimum absolute atomic E-state index is 0.416. The summed E-state index contributed by atoms with van der Waals surface area (Å²) in [7, 11) is 5.64. The molecule has 162 valence electrons. The van der Waals surface area contributed by atoms with Crippen molar-refractivity contribution in [3.8, 4) is 22.3 Å². The van der Waals surface area contributed by atoms with Crippen LogP contribution < -0.4 is 10.1 Å². The Labute approximate surface area is 200 Å². The average Bonchev–Trinajstić information content (AvgIpc) is 3.20. The number of thiophene rings is 1. The molecule has 8 heteroatoms. The maximum Gasteiger partial charge on any atom is 0.139 e. The lowest BCUT2D eigenvalue weighted by molar-refractivity contribution is 0.402. The largest absolute Gasteiger partial charge is 0.495 e. The number of ether oxygens (including phenoxy) is 1. The third kappa shape index (κ3) is 4.52. The molecule has 0 amide bonds. The third-order valence-electron chi connectivity index (χ3n) is 4.87. The Hall–Kier alpha value is -2.82. The van der Waals surface area contributed by atoms with E-state index in [0.717, 1.165) is 27.2 Å². The number of nitrogens with zero attached hydrogens (tertiary/aromatic N) is 3. The molecular formula is C24H20Cl2N4OS. The fourth-order valence-corrected chi connectivity index (χ4v) is 5.05. The molecule has 1 N–H and O–H groups in total. The van der Waals surface area contributed by atoms with E-state index in [2.05, 4.69) is 45.5 Å². The number of methoxy groups -OCH3 is 1. The van der Waals surface area contributed by atoms with Crippen molar-refractivity contribution in [2.24, 2.45) is 0 Å². The van der Waals surface area contributed by atoms with Crippen molar-refractivity contribution in [3.05, 3.63) is 69.8 Å². The van der Waals surface area contributed by atoms with Crippen LogP contribution in [0.1, 0.15) is 11.1 Å². The van der Waals surface area contributed by atoms with Crippen LogP contribution in [0.2, 0.25) is 10.0 Å². The van der Waals surface area contributed by atoms with Crippen molar-refractivity contribution >= 4 is 56.1 Å².